The molecule has 1 unspecified atom stereocenters. The Bertz CT molecular complexity index is 736. The summed E-state index contributed by atoms with van der Waals surface area (Å²) in [7, 11) is -3.22. The van der Waals surface area contributed by atoms with Crippen LogP contribution in [-0.2, 0) is 16.3 Å². The monoisotopic (exact) mass is 324 g/mol. The predicted octanol–water partition coefficient (Wildman–Crippen LogP) is 3.09. The van der Waals surface area contributed by atoms with E-state index in [9.17, 15) is 8.42 Å². The molecule has 0 saturated heterocycles. The molecular weight excluding hydrogens is 304 g/mol. The number of nitrogens with one attached hydrogen (secondary N) is 1. The Hall–Kier alpha value is -1.53. The minimum atomic E-state index is -3.22. The number of nitrogens with two attached hydrogens (primary N) is 1. The number of sulfone groups is 1. The van der Waals surface area contributed by atoms with E-state index in [2.05, 4.69) is 31.3 Å². The van der Waals surface area contributed by atoms with Crippen molar-refractivity contribution >= 4 is 32.5 Å². The lowest BCUT2D eigenvalue weighted by Gasteiger charge is -2.16. The van der Waals surface area contributed by atoms with Gasteiger partial charge in [0, 0.05) is 28.5 Å². The number of nitrogen functional groups attached to an aromatic ring is 1. The lowest BCUT2D eigenvalue weighted by Crippen LogP contribution is -2.18. The molecule has 0 aliphatic rings. The molecule has 1 aromatic carbocycles. The molecule has 2 aromatic rings. The first-order valence-corrected chi connectivity index (χ1v) is 9.38. The summed E-state index contributed by atoms with van der Waals surface area (Å²) in [5.41, 5.74) is 7.16. The zero-order valence-corrected chi connectivity index (χ0v) is 14.0. The maximum absolute atomic E-state index is 11.5. The second-order valence-electron chi connectivity index (χ2n) is 5.28. The Balaban J connectivity index is 2.09. The molecule has 2 rings (SSSR count). The third kappa shape index (κ3) is 4.22. The summed E-state index contributed by atoms with van der Waals surface area (Å²) in [6, 6.07) is 9.27. The number of rotatable bonds is 5. The van der Waals surface area contributed by atoms with Crippen LogP contribution in [0.15, 0.2) is 35.2 Å². The quantitative estimate of drug-likeness (QED) is 0.829. The Morgan fingerprint density at radius 3 is 2.52 bits per heavy atom. The Kier molecular flexibility index (Phi) is 4.58. The molecule has 1 heterocycles. The van der Waals surface area contributed by atoms with Crippen molar-refractivity contribution in [1.82, 2.24) is 0 Å². The fraction of sp³-hybridized carbons (Fsp3) is 0.333. The maximum Gasteiger partial charge on any atom is 0.175 e. The Morgan fingerprint density at radius 1 is 1.29 bits per heavy atom. The summed E-state index contributed by atoms with van der Waals surface area (Å²) in [4.78, 5) is 2.86. The number of hydrogen-bond acceptors (Lipinski definition) is 5. The first kappa shape index (κ1) is 15.9. The molecular formula is C15H20N2O2S2. The summed E-state index contributed by atoms with van der Waals surface area (Å²) in [5.74, 6) is 0. The van der Waals surface area contributed by atoms with Crippen LogP contribution in [-0.4, -0.2) is 20.7 Å². The fourth-order valence-electron chi connectivity index (χ4n) is 2.12. The second kappa shape index (κ2) is 6.07. The van der Waals surface area contributed by atoms with Crippen molar-refractivity contribution in [3.63, 3.8) is 0 Å². The van der Waals surface area contributed by atoms with E-state index in [0.29, 0.717) is 5.69 Å². The maximum atomic E-state index is 11.5. The molecule has 0 aliphatic heterocycles. The van der Waals surface area contributed by atoms with Crippen LogP contribution in [0.25, 0.3) is 0 Å². The van der Waals surface area contributed by atoms with Crippen LogP contribution in [0.3, 0.4) is 0 Å². The van der Waals surface area contributed by atoms with Gasteiger partial charge in [0.25, 0.3) is 0 Å². The van der Waals surface area contributed by atoms with Crippen LogP contribution in [0.1, 0.15) is 16.7 Å². The fourth-order valence-corrected chi connectivity index (χ4v) is 3.79. The van der Waals surface area contributed by atoms with Crippen molar-refractivity contribution in [1.29, 1.82) is 0 Å². The molecule has 0 saturated carbocycles. The molecule has 0 bridgehead atoms. The van der Waals surface area contributed by atoms with Gasteiger partial charge in [0.2, 0.25) is 0 Å². The highest BCUT2D eigenvalue weighted by atomic mass is 32.2. The normalized spacial score (nSPS) is 13.1. The van der Waals surface area contributed by atoms with Gasteiger partial charge in [-0.3, -0.25) is 0 Å². The lowest BCUT2D eigenvalue weighted by molar-refractivity contribution is 0.602. The van der Waals surface area contributed by atoms with Gasteiger partial charge in [-0.05, 0) is 44.2 Å². The van der Waals surface area contributed by atoms with Crippen molar-refractivity contribution in [2.75, 3.05) is 17.3 Å². The van der Waals surface area contributed by atoms with Gasteiger partial charge in [-0.1, -0.05) is 0 Å². The van der Waals surface area contributed by atoms with Gasteiger partial charge in [0.1, 0.15) is 0 Å². The molecule has 1 aromatic heterocycles. The minimum absolute atomic E-state index is 0.217. The van der Waals surface area contributed by atoms with E-state index in [-0.39, 0.29) is 10.9 Å². The zero-order valence-electron chi connectivity index (χ0n) is 12.4. The highest BCUT2D eigenvalue weighted by Crippen LogP contribution is 2.24. The molecule has 0 aliphatic carbocycles. The topological polar surface area (TPSA) is 72.2 Å². The Morgan fingerprint density at radius 2 is 2.00 bits per heavy atom. The number of benzene rings is 1. The molecule has 3 N–H and O–H groups in total. The van der Waals surface area contributed by atoms with Crippen molar-refractivity contribution in [3.05, 3.63) is 40.1 Å². The molecule has 0 spiro atoms. The molecule has 6 heteroatoms. The summed E-state index contributed by atoms with van der Waals surface area (Å²) in [5, 5.41) is 3.33. The average molecular weight is 324 g/mol. The van der Waals surface area contributed by atoms with Gasteiger partial charge in [0.05, 0.1) is 16.3 Å². The summed E-state index contributed by atoms with van der Waals surface area (Å²) < 4.78 is 23.0. The van der Waals surface area contributed by atoms with Crippen LogP contribution in [0.5, 0.6) is 0 Å². The van der Waals surface area contributed by atoms with Crippen molar-refractivity contribution in [2.24, 2.45) is 0 Å². The van der Waals surface area contributed by atoms with E-state index < -0.39 is 9.84 Å². The first-order valence-electron chi connectivity index (χ1n) is 6.67. The molecule has 0 fully saturated rings. The molecule has 1 atom stereocenters. The molecule has 114 valence electrons. The first-order chi connectivity index (χ1) is 9.75. The molecule has 4 nitrogen and oxygen atoms in total. The van der Waals surface area contributed by atoms with E-state index in [1.807, 2.05) is 0 Å². The van der Waals surface area contributed by atoms with E-state index in [0.717, 1.165) is 12.1 Å². The molecule has 21 heavy (non-hydrogen) atoms. The molecule has 0 radical (unpaired) electrons. The highest BCUT2D eigenvalue weighted by Gasteiger charge is 2.11. The van der Waals surface area contributed by atoms with Crippen LogP contribution in [0.2, 0.25) is 0 Å². The summed E-state index contributed by atoms with van der Waals surface area (Å²) >= 11 is 1.79. The zero-order chi connectivity index (χ0) is 15.6. The van der Waals surface area contributed by atoms with Crippen molar-refractivity contribution < 1.29 is 8.42 Å². The second-order valence-corrected chi connectivity index (χ2v) is 8.67. The predicted molar refractivity (Wildman–Crippen MR) is 89.8 cm³/mol. The summed E-state index contributed by atoms with van der Waals surface area (Å²) in [6.07, 6.45) is 2.09. The molecule has 0 amide bonds. The van der Waals surface area contributed by atoms with E-state index in [1.54, 1.807) is 23.5 Å². The van der Waals surface area contributed by atoms with E-state index >= 15 is 0 Å². The lowest BCUT2D eigenvalue weighted by atomic mass is 10.2. The third-order valence-corrected chi connectivity index (χ3v) is 5.29. The smallest absolute Gasteiger partial charge is 0.175 e. The minimum Gasteiger partial charge on any atom is -0.397 e. The highest BCUT2D eigenvalue weighted by molar-refractivity contribution is 7.90. The summed E-state index contributed by atoms with van der Waals surface area (Å²) in [6.45, 7) is 4.17. The van der Waals surface area contributed by atoms with Gasteiger partial charge in [-0.2, -0.15) is 0 Å². The van der Waals surface area contributed by atoms with Gasteiger partial charge >= 0.3 is 0 Å². The van der Waals surface area contributed by atoms with Crippen LogP contribution in [0, 0.1) is 6.92 Å². The van der Waals surface area contributed by atoms with Crippen LogP contribution >= 0.6 is 11.3 Å². The largest absolute Gasteiger partial charge is 0.397 e. The number of aryl methyl sites for hydroxylation is 1. The third-order valence-electron chi connectivity index (χ3n) is 3.16. The van der Waals surface area contributed by atoms with E-state index in [1.165, 1.54) is 22.1 Å². The SMILES string of the molecule is Cc1ccc(CC(C)Nc2ccc(S(C)(=O)=O)cc2N)s1. The van der Waals surface area contributed by atoms with Gasteiger partial charge in [-0.15, -0.1) is 11.3 Å². The van der Waals surface area contributed by atoms with E-state index in [4.69, 9.17) is 5.73 Å². The van der Waals surface area contributed by atoms with Crippen molar-refractivity contribution in [3.8, 4) is 0 Å². The Labute approximate surface area is 129 Å². The van der Waals surface area contributed by atoms with Crippen LogP contribution in [0.4, 0.5) is 11.4 Å². The van der Waals surface area contributed by atoms with Gasteiger partial charge in [0.15, 0.2) is 9.84 Å². The van der Waals surface area contributed by atoms with Crippen LogP contribution < -0.4 is 11.1 Å². The number of thiophene rings is 1. The van der Waals surface area contributed by atoms with Crippen molar-refractivity contribution in [2.45, 2.75) is 31.2 Å². The standard InChI is InChI=1S/C15H20N2O2S2/c1-10(8-12-5-4-11(2)20-12)17-15-7-6-13(9-14(15)16)21(3,18)19/h4-7,9-10,17H,8,16H2,1-3H3. The van der Waals surface area contributed by atoms with Gasteiger partial charge in [-0.25, -0.2) is 8.42 Å². The number of hydrogen-bond donors (Lipinski definition) is 2. The number of anilines is 2. The van der Waals surface area contributed by atoms with Gasteiger partial charge < -0.3 is 11.1 Å². The average Bonchev–Trinajstić information content (AvgIpc) is 2.76.